The molecule has 2 N–H and O–H groups in total. The summed E-state index contributed by atoms with van der Waals surface area (Å²) in [4.78, 5) is 10.5. The number of hydrogen-bond acceptors (Lipinski definition) is 2. The summed E-state index contributed by atoms with van der Waals surface area (Å²) in [5.41, 5.74) is -0.818. The fourth-order valence-corrected chi connectivity index (χ4v) is 0.403. The standard InChI is InChI=1S/C7H13NO2/c1-5(4-8)7(2,3)6(9)10/h4-5,8H,1-3H3,(H,9,10). The predicted octanol–water partition coefficient (Wildman–Crippen LogP) is 1.38. The second-order valence-corrected chi connectivity index (χ2v) is 2.98. The molecule has 0 aromatic carbocycles. The molecule has 0 aliphatic carbocycles. The van der Waals surface area contributed by atoms with Gasteiger partial charge in [0.15, 0.2) is 0 Å². The summed E-state index contributed by atoms with van der Waals surface area (Å²) in [6, 6.07) is 0. The summed E-state index contributed by atoms with van der Waals surface area (Å²) in [5.74, 6) is -1.08. The maximum atomic E-state index is 10.5. The first-order chi connectivity index (χ1) is 4.42. The summed E-state index contributed by atoms with van der Waals surface area (Å²) in [5, 5.41) is 15.5. The van der Waals surface area contributed by atoms with E-state index >= 15 is 0 Å². The van der Waals surface area contributed by atoms with E-state index in [0.717, 1.165) is 6.21 Å². The zero-order valence-corrected chi connectivity index (χ0v) is 6.51. The van der Waals surface area contributed by atoms with Crippen molar-refractivity contribution in [2.45, 2.75) is 20.8 Å². The van der Waals surface area contributed by atoms with Crippen molar-refractivity contribution in [2.75, 3.05) is 0 Å². The second kappa shape index (κ2) is 2.82. The van der Waals surface area contributed by atoms with Crippen LogP contribution in [-0.2, 0) is 4.79 Å². The highest BCUT2D eigenvalue weighted by Crippen LogP contribution is 2.24. The fraction of sp³-hybridized carbons (Fsp3) is 0.714. The first kappa shape index (κ1) is 9.14. The van der Waals surface area contributed by atoms with Crippen LogP contribution in [0.3, 0.4) is 0 Å². The molecule has 0 spiro atoms. The van der Waals surface area contributed by atoms with Crippen molar-refractivity contribution in [1.82, 2.24) is 0 Å². The quantitative estimate of drug-likeness (QED) is 0.586. The maximum Gasteiger partial charge on any atom is 0.309 e. The van der Waals surface area contributed by atoms with Crippen molar-refractivity contribution in [3.05, 3.63) is 0 Å². The topological polar surface area (TPSA) is 61.2 Å². The Labute approximate surface area is 60.6 Å². The minimum Gasteiger partial charge on any atom is -0.481 e. The van der Waals surface area contributed by atoms with E-state index in [2.05, 4.69) is 0 Å². The highest BCUT2D eigenvalue weighted by molar-refractivity contribution is 5.78. The molecule has 0 rings (SSSR count). The van der Waals surface area contributed by atoms with Crippen LogP contribution < -0.4 is 0 Å². The van der Waals surface area contributed by atoms with Crippen LogP contribution in [0.4, 0.5) is 0 Å². The normalized spacial score (nSPS) is 14.3. The molecule has 0 saturated carbocycles. The van der Waals surface area contributed by atoms with E-state index in [-0.39, 0.29) is 5.92 Å². The Hall–Kier alpha value is -0.860. The smallest absolute Gasteiger partial charge is 0.309 e. The van der Waals surface area contributed by atoms with Crippen LogP contribution in [0.5, 0.6) is 0 Å². The molecule has 0 aliphatic heterocycles. The lowest BCUT2D eigenvalue weighted by molar-refractivity contribution is -0.148. The van der Waals surface area contributed by atoms with Crippen molar-refractivity contribution in [3.63, 3.8) is 0 Å². The van der Waals surface area contributed by atoms with Gasteiger partial charge in [-0.25, -0.2) is 0 Å². The van der Waals surface area contributed by atoms with Gasteiger partial charge < -0.3 is 10.5 Å². The van der Waals surface area contributed by atoms with Crippen LogP contribution in [0.2, 0.25) is 0 Å². The van der Waals surface area contributed by atoms with Gasteiger partial charge in [0.25, 0.3) is 0 Å². The Morgan fingerprint density at radius 3 is 2.20 bits per heavy atom. The van der Waals surface area contributed by atoms with Gasteiger partial charge in [0.05, 0.1) is 5.41 Å². The molecule has 0 saturated heterocycles. The first-order valence-corrected chi connectivity index (χ1v) is 3.17. The van der Waals surface area contributed by atoms with Crippen LogP contribution in [0, 0.1) is 16.7 Å². The fourth-order valence-electron chi connectivity index (χ4n) is 0.403. The molecule has 0 aliphatic rings. The van der Waals surface area contributed by atoms with Gasteiger partial charge in [0.1, 0.15) is 0 Å². The van der Waals surface area contributed by atoms with Gasteiger partial charge in [-0.1, -0.05) is 6.92 Å². The molecule has 3 heteroatoms. The summed E-state index contributed by atoms with van der Waals surface area (Å²) < 4.78 is 0. The molecular formula is C7H13NO2. The van der Waals surface area contributed by atoms with Gasteiger partial charge in [-0.05, 0) is 20.1 Å². The lowest BCUT2D eigenvalue weighted by atomic mass is 9.81. The Balaban J connectivity index is 4.38. The number of aliphatic carboxylic acids is 1. The van der Waals surface area contributed by atoms with Crippen molar-refractivity contribution in [2.24, 2.45) is 11.3 Å². The van der Waals surface area contributed by atoms with Crippen LogP contribution in [0.25, 0.3) is 0 Å². The number of nitrogens with one attached hydrogen (secondary N) is 1. The van der Waals surface area contributed by atoms with Gasteiger partial charge in [-0.2, -0.15) is 0 Å². The molecule has 3 nitrogen and oxygen atoms in total. The minimum absolute atomic E-state index is 0.218. The molecule has 0 radical (unpaired) electrons. The van der Waals surface area contributed by atoms with E-state index in [0.29, 0.717) is 0 Å². The molecule has 0 amide bonds. The summed E-state index contributed by atoms with van der Waals surface area (Å²) in [6.07, 6.45) is 1.16. The first-order valence-electron chi connectivity index (χ1n) is 3.17. The summed E-state index contributed by atoms with van der Waals surface area (Å²) >= 11 is 0. The van der Waals surface area contributed by atoms with E-state index in [1.54, 1.807) is 20.8 Å². The van der Waals surface area contributed by atoms with Gasteiger partial charge in [0, 0.05) is 5.92 Å². The molecule has 1 unspecified atom stereocenters. The van der Waals surface area contributed by atoms with E-state index in [4.69, 9.17) is 10.5 Å². The van der Waals surface area contributed by atoms with Crippen LogP contribution in [0.1, 0.15) is 20.8 Å². The second-order valence-electron chi connectivity index (χ2n) is 2.98. The van der Waals surface area contributed by atoms with Gasteiger partial charge in [-0.15, -0.1) is 0 Å². The molecular weight excluding hydrogens is 130 g/mol. The van der Waals surface area contributed by atoms with Crippen molar-refractivity contribution >= 4 is 12.2 Å². The Kier molecular flexibility index (Phi) is 2.57. The molecule has 0 bridgehead atoms. The number of carboxylic acids is 1. The zero-order chi connectivity index (χ0) is 8.36. The average molecular weight is 143 g/mol. The zero-order valence-electron chi connectivity index (χ0n) is 6.51. The Morgan fingerprint density at radius 1 is 1.70 bits per heavy atom. The number of carboxylic acid groups (broad SMARTS) is 1. The van der Waals surface area contributed by atoms with Crippen molar-refractivity contribution in [1.29, 1.82) is 5.41 Å². The average Bonchev–Trinajstić information content (AvgIpc) is 1.86. The highest BCUT2D eigenvalue weighted by Gasteiger charge is 2.32. The molecule has 0 heterocycles. The molecule has 10 heavy (non-hydrogen) atoms. The van der Waals surface area contributed by atoms with Crippen LogP contribution in [-0.4, -0.2) is 17.3 Å². The lowest BCUT2D eigenvalue weighted by Crippen LogP contribution is -2.31. The highest BCUT2D eigenvalue weighted by atomic mass is 16.4. The number of rotatable bonds is 3. The summed E-state index contributed by atoms with van der Waals surface area (Å²) in [6.45, 7) is 4.96. The number of carbonyl (C=O) groups is 1. The molecule has 0 aromatic heterocycles. The largest absolute Gasteiger partial charge is 0.481 e. The SMILES string of the molecule is CC(C=N)C(C)(C)C(=O)O. The Morgan fingerprint density at radius 2 is 2.10 bits per heavy atom. The van der Waals surface area contributed by atoms with E-state index in [1.807, 2.05) is 0 Å². The third kappa shape index (κ3) is 1.56. The van der Waals surface area contributed by atoms with E-state index < -0.39 is 11.4 Å². The van der Waals surface area contributed by atoms with Crippen molar-refractivity contribution in [3.8, 4) is 0 Å². The van der Waals surface area contributed by atoms with Gasteiger partial charge in [0.2, 0.25) is 0 Å². The molecule has 1 atom stereocenters. The number of hydrogen-bond donors (Lipinski definition) is 2. The van der Waals surface area contributed by atoms with Gasteiger partial charge >= 0.3 is 5.97 Å². The molecule has 0 aromatic rings. The third-order valence-electron chi connectivity index (χ3n) is 1.94. The third-order valence-corrected chi connectivity index (χ3v) is 1.94. The van der Waals surface area contributed by atoms with E-state index in [9.17, 15) is 4.79 Å². The maximum absolute atomic E-state index is 10.5. The van der Waals surface area contributed by atoms with Crippen molar-refractivity contribution < 1.29 is 9.90 Å². The van der Waals surface area contributed by atoms with Gasteiger partial charge in [-0.3, -0.25) is 4.79 Å². The Bertz CT molecular complexity index is 152. The lowest BCUT2D eigenvalue weighted by Gasteiger charge is -2.22. The van der Waals surface area contributed by atoms with E-state index in [1.165, 1.54) is 0 Å². The van der Waals surface area contributed by atoms with Crippen LogP contribution in [0.15, 0.2) is 0 Å². The predicted molar refractivity (Wildman–Crippen MR) is 39.4 cm³/mol. The monoisotopic (exact) mass is 143 g/mol. The molecule has 0 fully saturated rings. The summed E-state index contributed by atoms with van der Waals surface area (Å²) in [7, 11) is 0. The molecule has 58 valence electrons. The van der Waals surface area contributed by atoms with Crippen LogP contribution >= 0.6 is 0 Å². The minimum atomic E-state index is -0.858.